The number of halogens is 2. The van der Waals surface area contributed by atoms with Crippen molar-refractivity contribution in [2.75, 3.05) is 0 Å². The Bertz CT molecular complexity index is 209. The molecule has 1 heterocycles. The summed E-state index contributed by atoms with van der Waals surface area (Å²) in [6, 6.07) is 0. The van der Waals surface area contributed by atoms with Crippen LogP contribution >= 0.6 is 22.6 Å². The van der Waals surface area contributed by atoms with Crippen LogP contribution in [-0.2, 0) is 7.05 Å². The van der Waals surface area contributed by atoms with Gasteiger partial charge in [-0.2, -0.15) is 4.39 Å². The molecule has 0 bridgehead atoms. The number of nitrogens with zero attached hydrogens (tertiary/aromatic N) is 2. The van der Waals surface area contributed by atoms with E-state index in [2.05, 4.69) is 5.10 Å². The average Bonchev–Trinajstić information content (AvgIpc) is 1.98. The summed E-state index contributed by atoms with van der Waals surface area (Å²) >= 11 is 1.93. The van der Waals surface area contributed by atoms with Crippen LogP contribution in [-0.4, -0.2) is 9.78 Å². The second-order valence-corrected chi connectivity index (χ2v) is 2.89. The molecule has 2 nitrogen and oxygen atoms in total. The molecule has 0 fully saturated rings. The summed E-state index contributed by atoms with van der Waals surface area (Å²) in [5, 5.41) is 3.55. The minimum Gasteiger partial charge on any atom is -0.269 e. The molecule has 0 unspecified atom stereocenters. The van der Waals surface area contributed by atoms with E-state index in [1.807, 2.05) is 29.5 Å². The molecule has 0 aromatic carbocycles. The van der Waals surface area contributed by atoms with Crippen LogP contribution in [0.15, 0.2) is 0 Å². The molecule has 0 saturated heterocycles. The molecule has 4 heteroatoms. The lowest BCUT2D eigenvalue weighted by Crippen LogP contribution is -1.92. The summed E-state index contributed by atoms with van der Waals surface area (Å²) in [5.41, 5.74) is 0.869. The van der Waals surface area contributed by atoms with Gasteiger partial charge in [-0.1, -0.05) is 0 Å². The molecule has 1 aromatic heterocycles. The van der Waals surface area contributed by atoms with Gasteiger partial charge in [-0.15, -0.1) is 5.10 Å². The van der Waals surface area contributed by atoms with E-state index >= 15 is 0 Å². The normalized spacial score (nSPS) is 10.2. The second-order valence-electron chi connectivity index (χ2n) is 1.81. The minimum atomic E-state index is -0.379. The molecule has 0 amide bonds. The highest BCUT2D eigenvalue weighted by molar-refractivity contribution is 14.1. The Labute approximate surface area is 66.2 Å². The van der Waals surface area contributed by atoms with Crippen LogP contribution in [0.4, 0.5) is 4.39 Å². The molecule has 50 valence electrons. The van der Waals surface area contributed by atoms with E-state index in [0.29, 0.717) is 3.57 Å². The molecule has 0 aliphatic carbocycles. The average molecular weight is 240 g/mol. The van der Waals surface area contributed by atoms with Gasteiger partial charge >= 0.3 is 0 Å². The zero-order valence-corrected chi connectivity index (χ0v) is 7.31. The molecule has 0 saturated carbocycles. The summed E-state index contributed by atoms with van der Waals surface area (Å²) in [6.45, 7) is 1.83. The first-order valence-electron chi connectivity index (χ1n) is 2.47. The van der Waals surface area contributed by atoms with E-state index in [1.165, 1.54) is 4.68 Å². The largest absolute Gasteiger partial charge is 0.269 e. The maximum absolute atomic E-state index is 12.5. The van der Waals surface area contributed by atoms with Crippen LogP contribution in [0, 0.1) is 16.4 Å². The predicted molar refractivity (Wildman–Crippen MR) is 40.6 cm³/mol. The third-order valence-corrected chi connectivity index (χ3v) is 2.45. The minimum absolute atomic E-state index is 0.379. The molecule has 0 spiro atoms. The summed E-state index contributed by atoms with van der Waals surface area (Å²) in [5.74, 6) is -0.379. The number of hydrogen-bond acceptors (Lipinski definition) is 1. The quantitative estimate of drug-likeness (QED) is 0.628. The molecular formula is C5H6FIN2. The van der Waals surface area contributed by atoms with Gasteiger partial charge in [0, 0.05) is 7.05 Å². The maximum atomic E-state index is 12.5. The second kappa shape index (κ2) is 2.24. The molecule has 0 aliphatic heterocycles. The Morgan fingerprint density at radius 2 is 2.22 bits per heavy atom. The van der Waals surface area contributed by atoms with Gasteiger partial charge in [-0.05, 0) is 29.5 Å². The van der Waals surface area contributed by atoms with Gasteiger partial charge in [0.2, 0.25) is 5.95 Å². The molecule has 0 aliphatic rings. The van der Waals surface area contributed by atoms with Gasteiger partial charge in [0.05, 0.1) is 9.26 Å². The van der Waals surface area contributed by atoms with Crippen molar-refractivity contribution in [2.24, 2.45) is 7.05 Å². The SMILES string of the molecule is Cc1c(I)c(F)nn1C. The van der Waals surface area contributed by atoms with Gasteiger partial charge in [0.15, 0.2) is 0 Å². The monoisotopic (exact) mass is 240 g/mol. The van der Waals surface area contributed by atoms with Crippen LogP contribution in [0.2, 0.25) is 0 Å². The highest BCUT2D eigenvalue weighted by Gasteiger charge is 2.07. The fourth-order valence-corrected chi connectivity index (χ4v) is 0.999. The van der Waals surface area contributed by atoms with Gasteiger partial charge in [0.25, 0.3) is 0 Å². The Morgan fingerprint density at radius 3 is 2.33 bits per heavy atom. The van der Waals surface area contributed by atoms with Crippen molar-refractivity contribution in [3.05, 3.63) is 15.2 Å². The third kappa shape index (κ3) is 1.08. The van der Waals surface area contributed by atoms with Crippen LogP contribution in [0.3, 0.4) is 0 Å². The number of aromatic nitrogens is 2. The van der Waals surface area contributed by atoms with E-state index in [-0.39, 0.29) is 5.95 Å². The molecule has 0 atom stereocenters. The lowest BCUT2D eigenvalue weighted by atomic mass is 10.5. The molecular weight excluding hydrogens is 234 g/mol. The van der Waals surface area contributed by atoms with Crippen LogP contribution in [0.1, 0.15) is 5.69 Å². The Morgan fingerprint density at radius 1 is 1.67 bits per heavy atom. The highest BCUT2D eigenvalue weighted by Crippen LogP contribution is 2.12. The third-order valence-electron chi connectivity index (χ3n) is 1.22. The first-order valence-corrected chi connectivity index (χ1v) is 3.55. The highest BCUT2D eigenvalue weighted by atomic mass is 127. The van der Waals surface area contributed by atoms with Gasteiger partial charge in [0.1, 0.15) is 0 Å². The Balaban J connectivity index is 3.29. The van der Waals surface area contributed by atoms with Crippen molar-refractivity contribution < 1.29 is 4.39 Å². The van der Waals surface area contributed by atoms with Crippen molar-refractivity contribution >= 4 is 22.6 Å². The zero-order valence-electron chi connectivity index (χ0n) is 5.15. The van der Waals surface area contributed by atoms with Crippen LogP contribution < -0.4 is 0 Å². The summed E-state index contributed by atoms with van der Waals surface area (Å²) in [4.78, 5) is 0. The van der Waals surface area contributed by atoms with Crippen LogP contribution in [0.25, 0.3) is 0 Å². The molecule has 0 radical (unpaired) electrons. The smallest absolute Gasteiger partial charge is 0.246 e. The number of hydrogen-bond donors (Lipinski definition) is 0. The topological polar surface area (TPSA) is 17.8 Å². The fraction of sp³-hybridized carbons (Fsp3) is 0.400. The van der Waals surface area contributed by atoms with Crippen molar-refractivity contribution in [3.63, 3.8) is 0 Å². The van der Waals surface area contributed by atoms with E-state index in [9.17, 15) is 4.39 Å². The lowest BCUT2D eigenvalue weighted by Gasteiger charge is -1.88. The van der Waals surface area contributed by atoms with Crippen molar-refractivity contribution in [1.29, 1.82) is 0 Å². The number of rotatable bonds is 0. The van der Waals surface area contributed by atoms with Gasteiger partial charge in [-0.3, -0.25) is 4.68 Å². The van der Waals surface area contributed by atoms with E-state index in [4.69, 9.17) is 0 Å². The van der Waals surface area contributed by atoms with E-state index in [1.54, 1.807) is 7.05 Å². The standard InChI is InChI=1S/C5H6FIN2/c1-3-4(7)5(6)8-9(3)2/h1-2H3. The maximum Gasteiger partial charge on any atom is 0.246 e. The Hall–Kier alpha value is -0.130. The molecule has 1 rings (SSSR count). The first kappa shape index (κ1) is 6.98. The van der Waals surface area contributed by atoms with Crippen molar-refractivity contribution in [2.45, 2.75) is 6.92 Å². The van der Waals surface area contributed by atoms with Gasteiger partial charge < -0.3 is 0 Å². The number of aryl methyl sites for hydroxylation is 1. The lowest BCUT2D eigenvalue weighted by molar-refractivity contribution is 0.548. The van der Waals surface area contributed by atoms with Gasteiger partial charge in [-0.25, -0.2) is 0 Å². The first-order chi connectivity index (χ1) is 4.13. The molecule has 9 heavy (non-hydrogen) atoms. The molecule has 1 aromatic rings. The Kier molecular flexibility index (Phi) is 1.74. The fourth-order valence-electron chi connectivity index (χ4n) is 0.542. The van der Waals surface area contributed by atoms with Crippen molar-refractivity contribution in [1.82, 2.24) is 9.78 Å². The zero-order chi connectivity index (χ0) is 7.02. The van der Waals surface area contributed by atoms with Crippen LogP contribution in [0.5, 0.6) is 0 Å². The summed E-state index contributed by atoms with van der Waals surface area (Å²) in [7, 11) is 1.72. The van der Waals surface area contributed by atoms with Crippen molar-refractivity contribution in [3.8, 4) is 0 Å². The molecule has 0 N–H and O–H groups in total. The van der Waals surface area contributed by atoms with E-state index in [0.717, 1.165) is 5.69 Å². The predicted octanol–water partition coefficient (Wildman–Crippen LogP) is 1.47. The summed E-state index contributed by atoms with van der Waals surface area (Å²) < 4.78 is 14.6. The summed E-state index contributed by atoms with van der Waals surface area (Å²) in [6.07, 6.45) is 0. The van der Waals surface area contributed by atoms with E-state index < -0.39 is 0 Å².